The number of ether oxygens (including phenoxy) is 1. The van der Waals surface area contributed by atoms with Crippen LogP contribution in [0.25, 0.3) is 28.3 Å². The minimum Gasteiger partial charge on any atom is -0.457 e. The molecule has 2 aromatic heterocycles. The summed E-state index contributed by atoms with van der Waals surface area (Å²) in [5.41, 5.74) is 6.81. The molecular weight excluding hydrogens is 438 g/mol. The van der Waals surface area contributed by atoms with Gasteiger partial charge in [-0.25, -0.2) is 14.5 Å². The van der Waals surface area contributed by atoms with Crippen molar-refractivity contribution in [2.75, 3.05) is 0 Å². The second kappa shape index (κ2) is 8.43. The maximum atomic E-state index is 12.8. The van der Waals surface area contributed by atoms with Crippen LogP contribution in [-0.2, 0) is 17.9 Å². The molecule has 0 bridgehead atoms. The maximum Gasteiger partial charge on any atom is 0.338 e. The Labute approximate surface area is 201 Å². The summed E-state index contributed by atoms with van der Waals surface area (Å²) in [6.07, 6.45) is 3.59. The molecule has 7 nitrogen and oxygen atoms in total. The maximum absolute atomic E-state index is 12.8. The molecule has 0 radical (unpaired) electrons. The topological polar surface area (TPSA) is 85.7 Å². The highest BCUT2D eigenvalue weighted by Gasteiger charge is 2.23. The highest BCUT2D eigenvalue weighted by atomic mass is 16.5. The van der Waals surface area contributed by atoms with Crippen molar-refractivity contribution >= 4 is 5.97 Å². The van der Waals surface area contributed by atoms with Gasteiger partial charge in [-0.2, -0.15) is 10.4 Å². The van der Waals surface area contributed by atoms with E-state index in [1.807, 2.05) is 66.7 Å². The second-order valence-electron chi connectivity index (χ2n) is 8.33. The van der Waals surface area contributed by atoms with E-state index in [-0.39, 0.29) is 12.6 Å². The van der Waals surface area contributed by atoms with Gasteiger partial charge in [0.1, 0.15) is 12.9 Å². The van der Waals surface area contributed by atoms with Gasteiger partial charge >= 0.3 is 5.97 Å². The largest absolute Gasteiger partial charge is 0.457 e. The smallest absolute Gasteiger partial charge is 0.338 e. The van der Waals surface area contributed by atoms with E-state index in [1.165, 1.54) is 6.33 Å². The van der Waals surface area contributed by atoms with Crippen LogP contribution in [0.15, 0.2) is 91.4 Å². The predicted octanol–water partition coefficient (Wildman–Crippen LogP) is 4.99. The first-order chi connectivity index (χ1) is 17.2. The molecule has 0 saturated carbocycles. The number of nitrogens with zero attached hydrogens (tertiary/aromatic N) is 5. The zero-order chi connectivity index (χ0) is 23.8. The number of benzene rings is 3. The summed E-state index contributed by atoms with van der Waals surface area (Å²) >= 11 is 0. The summed E-state index contributed by atoms with van der Waals surface area (Å²) in [6.45, 7) is 0.769. The normalized spacial score (nSPS) is 11.5. The lowest BCUT2D eigenvalue weighted by molar-refractivity contribution is 0.0472. The van der Waals surface area contributed by atoms with Gasteiger partial charge in [-0.3, -0.25) is 0 Å². The number of nitriles is 1. The summed E-state index contributed by atoms with van der Waals surface area (Å²) in [6, 6.07) is 26.9. The van der Waals surface area contributed by atoms with Gasteiger partial charge < -0.3 is 9.30 Å². The highest BCUT2D eigenvalue weighted by molar-refractivity contribution is 5.90. The van der Waals surface area contributed by atoms with Gasteiger partial charge in [0.2, 0.25) is 0 Å². The number of carbonyl (C=O) groups excluding carboxylic acids is 1. The molecular formula is C28H19N5O2. The van der Waals surface area contributed by atoms with E-state index in [9.17, 15) is 4.79 Å². The summed E-state index contributed by atoms with van der Waals surface area (Å²) in [4.78, 5) is 17.3. The van der Waals surface area contributed by atoms with E-state index < -0.39 is 0 Å². The Bertz CT molecular complexity index is 1590. The van der Waals surface area contributed by atoms with E-state index >= 15 is 0 Å². The van der Waals surface area contributed by atoms with Crippen LogP contribution in [0.4, 0.5) is 0 Å². The molecule has 6 rings (SSSR count). The first-order valence-corrected chi connectivity index (χ1v) is 11.1. The van der Waals surface area contributed by atoms with Gasteiger partial charge in [0.25, 0.3) is 0 Å². The van der Waals surface area contributed by atoms with Crippen LogP contribution >= 0.6 is 0 Å². The van der Waals surface area contributed by atoms with Crippen molar-refractivity contribution in [3.63, 3.8) is 0 Å². The van der Waals surface area contributed by atoms with Gasteiger partial charge in [-0.05, 0) is 53.1 Å². The molecule has 168 valence electrons. The molecule has 0 fully saturated rings. The average Bonchev–Trinajstić information content (AvgIpc) is 3.53. The van der Waals surface area contributed by atoms with E-state index in [0.717, 1.165) is 39.5 Å². The Hall–Kier alpha value is -4.96. The Morgan fingerprint density at radius 1 is 1.00 bits per heavy atom. The van der Waals surface area contributed by atoms with E-state index in [1.54, 1.807) is 10.7 Å². The van der Waals surface area contributed by atoms with Gasteiger partial charge in [0.05, 0.1) is 28.6 Å². The van der Waals surface area contributed by atoms with Crippen LogP contribution < -0.4 is 0 Å². The van der Waals surface area contributed by atoms with Gasteiger partial charge in [0.15, 0.2) is 5.82 Å². The monoisotopic (exact) mass is 457 g/mol. The Balaban J connectivity index is 1.34. The van der Waals surface area contributed by atoms with Gasteiger partial charge in [-0.1, -0.05) is 42.5 Å². The number of hydrogen-bond donors (Lipinski definition) is 0. The molecule has 7 heteroatoms. The fourth-order valence-electron chi connectivity index (χ4n) is 4.35. The third-order valence-corrected chi connectivity index (χ3v) is 6.12. The first-order valence-electron chi connectivity index (χ1n) is 11.1. The number of carbonyl (C=O) groups is 1. The quantitative estimate of drug-likeness (QED) is 0.348. The van der Waals surface area contributed by atoms with E-state index in [2.05, 4.69) is 33.0 Å². The summed E-state index contributed by atoms with van der Waals surface area (Å²) in [5, 5.41) is 13.5. The van der Waals surface area contributed by atoms with Crippen molar-refractivity contribution in [3.8, 4) is 34.4 Å². The molecule has 0 N–H and O–H groups in total. The minimum absolute atomic E-state index is 0.222. The molecule has 3 heterocycles. The Morgan fingerprint density at radius 3 is 2.63 bits per heavy atom. The molecule has 5 aromatic rings. The summed E-state index contributed by atoms with van der Waals surface area (Å²) in [5.74, 6) is 0.355. The minimum atomic E-state index is -0.370. The average molecular weight is 457 g/mol. The SMILES string of the molecule is N#Cc1ccc(-c2cc3n(c2)Cc2cc(C(=O)OCc4ccccc4)ccc2-n2ncnc2-3)cc1. The Kier molecular flexibility index (Phi) is 4.97. The third kappa shape index (κ3) is 3.77. The molecule has 0 spiro atoms. The molecule has 0 atom stereocenters. The number of rotatable bonds is 4. The lowest BCUT2D eigenvalue weighted by Gasteiger charge is -2.11. The third-order valence-electron chi connectivity index (χ3n) is 6.12. The molecule has 0 unspecified atom stereocenters. The molecule has 1 aliphatic heterocycles. The lowest BCUT2D eigenvalue weighted by atomic mass is 10.1. The molecule has 1 aliphatic rings. The first kappa shape index (κ1) is 20.6. The Morgan fingerprint density at radius 2 is 1.83 bits per heavy atom. The van der Waals surface area contributed by atoms with Gasteiger partial charge in [-0.15, -0.1) is 0 Å². The van der Waals surface area contributed by atoms with Crippen LogP contribution in [-0.4, -0.2) is 25.3 Å². The van der Waals surface area contributed by atoms with Crippen LogP contribution in [0.5, 0.6) is 0 Å². The standard InChI is InChI=1S/C28H19N5O2/c29-14-19-6-8-21(9-7-19)23-13-26-27-30-18-31-33(27)25-11-10-22(12-24(25)16-32(26)15-23)28(34)35-17-20-4-2-1-3-5-20/h1-13,15,18H,16-17H2. The molecule has 3 aromatic carbocycles. The van der Waals surface area contributed by atoms with Crippen molar-refractivity contribution in [1.82, 2.24) is 19.3 Å². The molecule has 0 amide bonds. The van der Waals surface area contributed by atoms with Crippen LogP contribution in [0.2, 0.25) is 0 Å². The van der Waals surface area contributed by atoms with Crippen LogP contribution in [0, 0.1) is 11.3 Å². The number of fused-ring (bicyclic) bond motifs is 5. The van der Waals surface area contributed by atoms with Crippen molar-refractivity contribution in [1.29, 1.82) is 5.26 Å². The number of aromatic nitrogens is 4. The highest BCUT2D eigenvalue weighted by Crippen LogP contribution is 2.33. The molecule has 0 aliphatic carbocycles. The van der Waals surface area contributed by atoms with Crippen LogP contribution in [0.3, 0.4) is 0 Å². The molecule has 0 saturated heterocycles. The fraction of sp³-hybridized carbons (Fsp3) is 0.0714. The van der Waals surface area contributed by atoms with E-state index in [4.69, 9.17) is 10.00 Å². The van der Waals surface area contributed by atoms with Crippen molar-refractivity contribution < 1.29 is 9.53 Å². The predicted molar refractivity (Wildman–Crippen MR) is 130 cm³/mol. The van der Waals surface area contributed by atoms with Crippen molar-refractivity contribution in [3.05, 3.63) is 114 Å². The fourth-order valence-corrected chi connectivity index (χ4v) is 4.35. The number of esters is 1. The van der Waals surface area contributed by atoms with E-state index in [0.29, 0.717) is 17.7 Å². The van der Waals surface area contributed by atoms with Crippen molar-refractivity contribution in [2.45, 2.75) is 13.2 Å². The zero-order valence-electron chi connectivity index (χ0n) is 18.6. The summed E-state index contributed by atoms with van der Waals surface area (Å²) in [7, 11) is 0. The second-order valence-corrected chi connectivity index (χ2v) is 8.33. The van der Waals surface area contributed by atoms with Crippen LogP contribution in [0.1, 0.15) is 27.0 Å². The zero-order valence-corrected chi connectivity index (χ0v) is 18.6. The lowest BCUT2D eigenvalue weighted by Crippen LogP contribution is -2.08. The van der Waals surface area contributed by atoms with Gasteiger partial charge in [0, 0.05) is 18.3 Å². The van der Waals surface area contributed by atoms with Crippen molar-refractivity contribution in [2.24, 2.45) is 0 Å². The molecule has 35 heavy (non-hydrogen) atoms. The number of hydrogen-bond acceptors (Lipinski definition) is 5. The summed E-state index contributed by atoms with van der Waals surface area (Å²) < 4.78 is 9.45.